The van der Waals surface area contributed by atoms with Gasteiger partial charge in [0.05, 0.1) is 12.4 Å². The van der Waals surface area contributed by atoms with Gasteiger partial charge in [0.1, 0.15) is 0 Å². The van der Waals surface area contributed by atoms with Gasteiger partial charge < -0.3 is 10.6 Å². The molecule has 0 radical (unpaired) electrons. The van der Waals surface area contributed by atoms with Gasteiger partial charge in [0.25, 0.3) is 0 Å². The van der Waals surface area contributed by atoms with Crippen LogP contribution in [0.1, 0.15) is 34.1 Å². The number of aliphatic imine (C=N–C) groups is 1. The third-order valence-corrected chi connectivity index (χ3v) is 2.29. The first-order valence-electron chi connectivity index (χ1n) is 5.63. The van der Waals surface area contributed by atoms with Gasteiger partial charge in [-0.25, -0.2) is 0 Å². The highest BCUT2D eigenvalue weighted by Gasteiger charge is 2.01. The first-order valence-corrected chi connectivity index (χ1v) is 5.63. The number of nitrogens with two attached hydrogens (primary N) is 1. The van der Waals surface area contributed by atoms with Crippen LogP contribution in [0.2, 0.25) is 0 Å². The molecule has 0 heterocycles. The Morgan fingerprint density at radius 1 is 1.29 bits per heavy atom. The van der Waals surface area contributed by atoms with E-state index in [1.165, 1.54) is 6.42 Å². The molecular weight excluding hydrogens is 174 g/mol. The summed E-state index contributed by atoms with van der Waals surface area (Å²) in [4.78, 5) is 6.75. The fourth-order valence-electron chi connectivity index (χ4n) is 1.25. The molecule has 0 aliphatic carbocycles. The quantitative estimate of drug-likeness (QED) is 0.501. The zero-order valence-corrected chi connectivity index (χ0v) is 10.1. The van der Waals surface area contributed by atoms with E-state index in [0.717, 1.165) is 32.0 Å². The average molecular weight is 199 g/mol. The fraction of sp³-hybridized carbons (Fsp3) is 0.909. The van der Waals surface area contributed by atoms with E-state index in [2.05, 4.69) is 37.6 Å². The zero-order chi connectivity index (χ0) is 11.0. The third-order valence-electron chi connectivity index (χ3n) is 2.29. The molecule has 0 rings (SSSR count). The van der Waals surface area contributed by atoms with Crippen molar-refractivity contribution in [3.63, 3.8) is 0 Å². The van der Waals surface area contributed by atoms with Crippen molar-refractivity contribution >= 4 is 5.84 Å². The molecule has 0 fully saturated rings. The Hall–Kier alpha value is -0.570. The Bertz CT molecular complexity index is 164. The second-order valence-electron chi connectivity index (χ2n) is 3.90. The number of rotatable bonds is 7. The van der Waals surface area contributed by atoms with Crippen LogP contribution in [0, 0.1) is 5.92 Å². The summed E-state index contributed by atoms with van der Waals surface area (Å²) >= 11 is 0. The predicted octanol–water partition coefficient (Wildman–Crippen LogP) is 1.73. The second kappa shape index (κ2) is 7.80. The largest absolute Gasteiger partial charge is 0.387 e. The maximum absolute atomic E-state index is 5.75. The highest BCUT2D eigenvalue weighted by Crippen LogP contribution is 1.94. The lowest BCUT2D eigenvalue weighted by atomic mass is 10.2. The van der Waals surface area contributed by atoms with E-state index in [4.69, 9.17) is 5.73 Å². The van der Waals surface area contributed by atoms with Gasteiger partial charge >= 0.3 is 0 Å². The summed E-state index contributed by atoms with van der Waals surface area (Å²) in [5, 5.41) is 0. The van der Waals surface area contributed by atoms with Crippen molar-refractivity contribution in [1.29, 1.82) is 0 Å². The van der Waals surface area contributed by atoms with Gasteiger partial charge in [-0.2, -0.15) is 0 Å². The minimum atomic E-state index is 0.372. The molecule has 0 aliphatic heterocycles. The van der Waals surface area contributed by atoms with Crippen molar-refractivity contribution in [3.8, 4) is 0 Å². The lowest BCUT2D eigenvalue weighted by molar-refractivity contribution is 0.297. The van der Waals surface area contributed by atoms with E-state index < -0.39 is 0 Å². The second-order valence-corrected chi connectivity index (χ2v) is 3.90. The summed E-state index contributed by atoms with van der Waals surface area (Å²) < 4.78 is 0. The van der Waals surface area contributed by atoms with Crippen molar-refractivity contribution in [2.45, 2.75) is 34.1 Å². The van der Waals surface area contributed by atoms with Gasteiger partial charge in [0.15, 0.2) is 0 Å². The maximum atomic E-state index is 5.75. The number of hydrogen-bond acceptors (Lipinski definition) is 2. The molecule has 0 atom stereocenters. The summed E-state index contributed by atoms with van der Waals surface area (Å²) in [7, 11) is 0. The third kappa shape index (κ3) is 5.97. The smallest absolute Gasteiger partial charge is 0.0963 e. The van der Waals surface area contributed by atoms with Crippen LogP contribution in [0.25, 0.3) is 0 Å². The normalized spacial score (nSPS) is 12.9. The molecule has 14 heavy (non-hydrogen) atoms. The molecule has 0 spiro atoms. The minimum absolute atomic E-state index is 0.372. The van der Waals surface area contributed by atoms with Crippen LogP contribution in [0.5, 0.6) is 0 Å². The fourth-order valence-corrected chi connectivity index (χ4v) is 1.25. The van der Waals surface area contributed by atoms with Crippen molar-refractivity contribution in [2.75, 3.05) is 26.2 Å². The molecular formula is C11H25N3. The van der Waals surface area contributed by atoms with Crippen molar-refractivity contribution in [3.05, 3.63) is 0 Å². The molecule has 3 heteroatoms. The van der Waals surface area contributed by atoms with Crippen LogP contribution in [-0.4, -0.2) is 36.9 Å². The van der Waals surface area contributed by atoms with Gasteiger partial charge in [0, 0.05) is 12.5 Å². The highest BCUT2D eigenvalue weighted by atomic mass is 15.1. The molecule has 3 nitrogen and oxygen atoms in total. The Kier molecular flexibility index (Phi) is 7.48. The molecule has 0 saturated heterocycles. The van der Waals surface area contributed by atoms with Crippen LogP contribution in [0.4, 0.5) is 0 Å². The lowest BCUT2D eigenvalue weighted by Crippen LogP contribution is -2.28. The van der Waals surface area contributed by atoms with E-state index in [1.54, 1.807) is 0 Å². The Balaban J connectivity index is 3.74. The Morgan fingerprint density at radius 3 is 2.36 bits per heavy atom. The monoisotopic (exact) mass is 199 g/mol. The molecule has 0 aromatic carbocycles. The van der Waals surface area contributed by atoms with E-state index >= 15 is 0 Å². The summed E-state index contributed by atoms with van der Waals surface area (Å²) in [6.07, 6.45) is 1.21. The number of hydrogen-bond donors (Lipinski definition) is 1. The van der Waals surface area contributed by atoms with Gasteiger partial charge in [-0.1, -0.05) is 27.7 Å². The van der Waals surface area contributed by atoms with E-state index in [1.807, 2.05) is 0 Å². The maximum Gasteiger partial charge on any atom is 0.0963 e. The minimum Gasteiger partial charge on any atom is -0.387 e. The van der Waals surface area contributed by atoms with Crippen molar-refractivity contribution in [1.82, 2.24) is 4.90 Å². The molecule has 0 aromatic rings. The van der Waals surface area contributed by atoms with Crippen molar-refractivity contribution in [2.24, 2.45) is 16.6 Å². The van der Waals surface area contributed by atoms with Crippen LogP contribution in [0.3, 0.4) is 0 Å². The first kappa shape index (κ1) is 13.4. The molecule has 0 bridgehead atoms. The number of nitrogens with zero attached hydrogens (tertiary/aromatic N) is 2. The molecule has 0 unspecified atom stereocenters. The van der Waals surface area contributed by atoms with Crippen LogP contribution < -0.4 is 5.73 Å². The summed E-state index contributed by atoms with van der Waals surface area (Å²) in [6.45, 7) is 12.7. The highest BCUT2D eigenvalue weighted by molar-refractivity contribution is 5.82. The standard InChI is InChI=1S/C11H25N3/c1-5-8-14(6-2)9-7-13-11(12)10(3)4/h10H,5-9H2,1-4H3,(H2,12,13). The van der Waals surface area contributed by atoms with Gasteiger partial charge in [-0.15, -0.1) is 0 Å². The molecule has 0 amide bonds. The van der Waals surface area contributed by atoms with Crippen LogP contribution in [-0.2, 0) is 0 Å². The summed E-state index contributed by atoms with van der Waals surface area (Å²) in [5.41, 5.74) is 5.75. The van der Waals surface area contributed by atoms with Crippen LogP contribution >= 0.6 is 0 Å². The Labute approximate surface area is 88.4 Å². The topological polar surface area (TPSA) is 41.6 Å². The lowest BCUT2D eigenvalue weighted by Gasteiger charge is -2.18. The number of amidine groups is 1. The Morgan fingerprint density at radius 2 is 1.93 bits per heavy atom. The van der Waals surface area contributed by atoms with Gasteiger partial charge in [-0.3, -0.25) is 4.99 Å². The van der Waals surface area contributed by atoms with E-state index in [9.17, 15) is 0 Å². The van der Waals surface area contributed by atoms with E-state index in [0.29, 0.717) is 5.92 Å². The SMILES string of the molecule is CCCN(CC)CCN=C(N)C(C)C. The van der Waals surface area contributed by atoms with Gasteiger partial charge in [-0.05, 0) is 19.5 Å². The molecule has 84 valence electrons. The number of likely N-dealkylation sites (N-methyl/N-ethyl adjacent to an activating group) is 1. The average Bonchev–Trinajstić information content (AvgIpc) is 2.16. The first-order chi connectivity index (χ1) is 6.61. The van der Waals surface area contributed by atoms with Crippen LogP contribution in [0.15, 0.2) is 4.99 Å². The summed E-state index contributed by atoms with van der Waals surface area (Å²) in [6, 6.07) is 0. The van der Waals surface area contributed by atoms with Gasteiger partial charge in [0.2, 0.25) is 0 Å². The molecule has 0 aromatic heterocycles. The summed E-state index contributed by atoms with van der Waals surface area (Å²) in [5.74, 6) is 1.15. The zero-order valence-electron chi connectivity index (χ0n) is 10.1. The molecule has 0 saturated carbocycles. The predicted molar refractivity (Wildman–Crippen MR) is 63.7 cm³/mol. The van der Waals surface area contributed by atoms with E-state index in [-0.39, 0.29) is 0 Å². The molecule has 0 aliphatic rings. The molecule has 2 N–H and O–H groups in total. The van der Waals surface area contributed by atoms with Crippen molar-refractivity contribution < 1.29 is 0 Å².